The van der Waals surface area contributed by atoms with Gasteiger partial charge in [-0.15, -0.1) is 63.0 Å². The second-order valence-corrected chi connectivity index (χ2v) is 8.39. The van der Waals surface area contributed by atoms with Gasteiger partial charge in [-0.25, -0.2) is 0 Å². The highest BCUT2D eigenvalue weighted by Crippen LogP contribution is 2.05. The largest absolute Gasteiger partial charge is 0.329 e. The molecule has 0 N–H and O–H groups in total. The zero-order chi connectivity index (χ0) is 9.14. The molecule has 1 aromatic carbocycles. The molecule has 0 saturated carbocycles. The Morgan fingerprint density at radius 3 is 1.08 bits per heavy atom. The van der Waals surface area contributed by atoms with Crippen LogP contribution in [0.15, 0.2) is 24.3 Å². The Morgan fingerprint density at radius 2 is 0.917 bits per heavy atom. The fourth-order valence-corrected chi connectivity index (χ4v) is 2.01. The highest BCUT2D eigenvalue weighted by Gasteiger charge is 2.10. The lowest BCUT2D eigenvalue weighted by atomic mass is 9.88. The van der Waals surface area contributed by atoms with E-state index in [0.29, 0.717) is 0 Å². The summed E-state index contributed by atoms with van der Waals surface area (Å²) in [5, 5.41) is 0. The van der Waals surface area contributed by atoms with Gasteiger partial charge in [-0.2, -0.15) is 0 Å². The third-order valence-corrected chi connectivity index (χ3v) is 3.56. The number of rotatable bonds is 2. The van der Waals surface area contributed by atoms with Crippen LogP contribution in [0, 0.1) is 0 Å². The molecule has 12 heavy (non-hydrogen) atoms. The minimum Gasteiger partial charge on any atom is -0.132 e. The maximum atomic E-state index is 3.44. The smallest absolute Gasteiger partial charge is 0.132 e. The molecule has 6 heteroatoms. The molecule has 0 amide bonds. The average Bonchev–Trinajstić information content (AvgIpc) is 2.04. The van der Waals surface area contributed by atoms with Gasteiger partial charge in [0.05, 0.1) is 0 Å². The Labute approximate surface area is 106 Å². The van der Waals surface area contributed by atoms with Crippen LogP contribution >= 0.6 is 63.0 Å². The van der Waals surface area contributed by atoms with Crippen molar-refractivity contribution in [1.29, 1.82) is 0 Å². The Kier molecular flexibility index (Phi) is 4.94. The molecule has 0 nitrogen and oxygen atoms in total. The molecule has 0 aliphatic heterocycles. The molecule has 62 valence electrons. The molecule has 0 radical (unpaired) electrons. The van der Waals surface area contributed by atoms with E-state index in [9.17, 15) is 0 Å². The van der Waals surface area contributed by atoms with E-state index < -0.39 is 0 Å². The molecule has 0 aliphatic rings. The van der Waals surface area contributed by atoms with Crippen LogP contribution < -0.4 is 10.9 Å². The van der Waals surface area contributed by atoms with Gasteiger partial charge in [-0.3, -0.25) is 0 Å². The molecule has 0 fully saturated rings. The maximum absolute atomic E-state index is 3.44. The first kappa shape index (κ1) is 11.3. The van der Waals surface area contributed by atoms with E-state index in [2.05, 4.69) is 87.3 Å². The minimum atomic E-state index is 0.239. The van der Waals surface area contributed by atoms with Crippen molar-refractivity contribution in [3.05, 3.63) is 24.3 Å². The van der Waals surface area contributed by atoms with E-state index in [1.807, 2.05) is 0 Å². The van der Waals surface area contributed by atoms with E-state index in [-0.39, 0.29) is 8.72 Å². The zero-order valence-corrected chi connectivity index (χ0v) is 12.3. The quantitative estimate of drug-likeness (QED) is 0.650. The van der Waals surface area contributed by atoms with Gasteiger partial charge in [0.25, 0.3) is 0 Å². The van der Waals surface area contributed by atoms with Crippen molar-refractivity contribution in [2.75, 3.05) is 0 Å². The maximum Gasteiger partial charge on any atom is 0.329 e. The van der Waals surface area contributed by atoms with E-state index in [4.69, 9.17) is 0 Å². The van der Waals surface area contributed by atoms with Crippen molar-refractivity contribution in [2.24, 2.45) is 0 Å². The summed E-state index contributed by atoms with van der Waals surface area (Å²) in [5.41, 5.74) is 2.44. The van der Waals surface area contributed by atoms with Gasteiger partial charge in [0.1, 0.15) is 0 Å². The number of hydrogen-bond donors (Lipinski definition) is 0. The van der Waals surface area contributed by atoms with Gasteiger partial charge in [-0.1, -0.05) is 35.2 Å². The molecule has 0 unspecified atom stereocenters. The predicted octanol–water partition coefficient (Wildman–Crippen LogP) is 2.66. The first-order valence-electron chi connectivity index (χ1n) is 3.27. The Balaban J connectivity index is 2.86. The monoisotopic (exact) mass is 414 g/mol. The third kappa shape index (κ3) is 3.20. The molecular weight excluding hydrogens is 413 g/mol. The zero-order valence-electron chi connectivity index (χ0n) is 5.98. The van der Waals surface area contributed by atoms with Gasteiger partial charge in [0, 0.05) is 0 Å². The number of benzene rings is 1. The minimum absolute atomic E-state index is 0.239. The van der Waals surface area contributed by atoms with Crippen molar-refractivity contribution in [1.82, 2.24) is 0 Å². The summed E-state index contributed by atoms with van der Waals surface area (Å²) in [5.74, 6) is 0. The number of halogens is 4. The van der Waals surface area contributed by atoms with Crippen LogP contribution in [0.5, 0.6) is 0 Å². The molecule has 1 rings (SSSR count). The Hall–Kier alpha value is 1.27. The first-order valence-corrected chi connectivity index (χ1v) is 6.93. The van der Waals surface area contributed by atoms with Crippen LogP contribution in [0.2, 0.25) is 0 Å². The summed E-state index contributed by atoms with van der Waals surface area (Å²) in [6, 6.07) is 8.33. The molecule has 0 aromatic heterocycles. The van der Waals surface area contributed by atoms with Crippen LogP contribution in [0.4, 0.5) is 0 Å². The molecule has 0 saturated heterocycles. The van der Waals surface area contributed by atoms with Crippen molar-refractivity contribution in [2.45, 2.75) is 0 Å². The normalized spacial score (nSPS) is 9.67. The Morgan fingerprint density at radius 1 is 0.667 bits per heavy atom. The lowest BCUT2D eigenvalue weighted by Gasteiger charge is -2.01. The van der Waals surface area contributed by atoms with Crippen molar-refractivity contribution >= 4 is 82.7 Å². The second-order valence-electron chi connectivity index (χ2n) is 2.27. The predicted molar refractivity (Wildman–Crippen MR) is 72.9 cm³/mol. The highest BCUT2D eigenvalue weighted by molar-refractivity contribution is 9.50. The van der Waals surface area contributed by atoms with Gasteiger partial charge in [0.15, 0.2) is 0 Å². The number of hydrogen-bond acceptors (Lipinski definition) is 0. The van der Waals surface area contributed by atoms with E-state index >= 15 is 0 Å². The standard InChI is InChI=1S/C6H4B2Br4/c9-7(10)5-1-2-6(4-3-5)8(11)12/h1-4H. The lowest BCUT2D eigenvalue weighted by molar-refractivity contribution is 1.84. The molecule has 0 bridgehead atoms. The fraction of sp³-hybridized carbons (Fsp3) is 0. The summed E-state index contributed by atoms with van der Waals surface area (Å²) in [6.07, 6.45) is 0. The summed E-state index contributed by atoms with van der Waals surface area (Å²) >= 11 is 13.7. The molecule has 0 atom stereocenters. The second kappa shape index (κ2) is 5.23. The Bertz CT molecular complexity index is 219. The molecule has 0 spiro atoms. The van der Waals surface area contributed by atoms with Crippen molar-refractivity contribution in [3.8, 4) is 0 Å². The topological polar surface area (TPSA) is 0 Å². The van der Waals surface area contributed by atoms with Crippen molar-refractivity contribution in [3.63, 3.8) is 0 Å². The van der Waals surface area contributed by atoms with Crippen LogP contribution in [0.1, 0.15) is 0 Å². The molecule has 0 heterocycles. The van der Waals surface area contributed by atoms with Crippen LogP contribution in [-0.2, 0) is 0 Å². The van der Waals surface area contributed by atoms with Gasteiger partial charge in [-0.05, 0) is 0 Å². The highest BCUT2D eigenvalue weighted by atomic mass is 79.9. The first-order chi connectivity index (χ1) is 5.61. The van der Waals surface area contributed by atoms with Crippen LogP contribution in [0.25, 0.3) is 0 Å². The third-order valence-electron chi connectivity index (χ3n) is 1.44. The summed E-state index contributed by atoms with van der Waals surface area (Å²) in [7, 11) is 0. The van der Waals surface area contributed by atoms with Crippen LogP contribution in [-0.4, -0.2) is 8.72 Å². The lowest BCUT2D eigenvalue weighted by Crippen LogP contribution is -2.23. The molecular formula is C6H4B2Br4. The van der Waals surface area contributed by atoms with Gasteiger partial charge >= 0.3 is 8.72 Å². The molecule has 0 aliphatic carbocycles. The van der Waals surface area contributed by atoms with Crippen molar-refractivity contribution < 1.29 is 0 Å². The van der Waals surface area contributed by atoms with E-state index in [0.717, 1.165) is 0 Å². The van der Waals surface area contributed by atoms with Gasteiger partial charge < -0.3 is 0 Å². The fourth-order valence-electron chi connectivity index (χ4n) is 0.787. The summed E-state index contributed by atoms with van der Waals surface area (Å²) in [4.78, 5) is 0. The summed E-state index contributed by atoms with van der Waals surface area (Å²) < 4.78 is 0.478. The summed E-state index contributed by atoms with van der Waals surface area (Å²) in [6.45, 7) is 0. The average molecular weight is 417 g/mol. The molecule has 1 aromatic rings. The SMILES string of the molecule is BrB(Br)c1ccc(B(Br)Br)cc1. The van der Waals surface area contributed by atoms with E-state index in [1.54, 1.807) is 0 Å². The van der Waals surface area contributed by atoms with Crippen LogP contribution in [0.3, 0.4) is 0 Å². The van der Waals surface area contributed by atoms with E-state index in [1.165, 1.54) is 10.9 Å². The van der Waals surface area contributed by atoms with Gasteiger partial charge in [0.2, 0.25) is 0 Å².